The van der Waals surface area contributed by atoms with Gasteiger partial charge in [-0.3, -0.25) is 0 Å². The van der Waals surface area contributed by atoms with Gasteiger partial charge in [0.05, 0.1) is 0 Å². The van der Waals surface area contributed by atoms with Gasteiger partial charge in [-0.15, -0.1) is 0 Å². The van der Waals surface area contributed by atoms with E-state index in [1.807, 2.05) is 0 Å². The summed E-state index contributed by atoms with van der Waals surface area (Å²) < 4.78 is 0. The van der Waals surface area contributed by atoms with Crippen molar-refractivity contribution in [3.8, 4) is 0 Å². The topological polar surface area (TPSA) is 0 Å². The molecule has 0 radical (unpaired) electrons. The van der Waals surface area contributed by atoms with Crippen LogP contribution in [0.15, 0.2) is 84.9 Å². The lowest BCUT2D eigenvalue weighted by atomic mass is 9.95. The summed E-state index contributed by atoms with van der Waals surface area (Å²) in [7, 11) is 0. The lowest BCUT2D eigenvalue weighted by Crippen LogP contribution is -1.96. The van der Waals surface area contributed by atoms with Crippen molar-refractivity contribution in [2.75, 3.05) is 0 Å². The Hall–Kier alpha value is -2.34. The Kier molecular flexibility index (Phi) is 3.93. The van der Waals surface area contributed by atoms with Crippen molar-refractivity contribution in [2.45, 2.75) is 12.8 Å². The van der Waals surface area contributed by atoms with Crippen molar-refractivity contribution in [2.24, 2.45) is 0 Å². The van der Waals surface area contributed by atoms with E-state index in [2.05, 4.69) is 84.9 Å². The number of benzene rings is 3. The van der Waals surface area contributed by atoms with Gasteiger partial charge in [0.25, 0.3) is 0 Å². The maximum absolute atomic E-state index is 2.24. The molecule has 3 rings (SSSR count). The molecule has 0 aromatic heterocycles. The van der Waals surface area contributed by atoms with Crippen molar-refractivity contribution in [3.05, 3.63) is 107 Å². The summed E-state index contributed by atoms with van der Waals surface area (Å²) in [5, 5.41) is 0. The molecule has 0 saturated carbocycles. The lowest BCUT2D eigenvalue weighted by molar-refractivity contribution is 1.09. The molecule has 0 heterocycles. The average molecular weight is 258 g/mol. The van der Waals surface area contributed by atoms with Crippen molar-refractivity contribution in [1.82, 2.24) is 0 Å². The molecule has 20 heavy (non-hydrogen) atoms. The minimum absolute atomic E-state index is 1.00. The molecule has 0 unspecified atom stereocenters. The Labute approximate surface area is 120 Å². The maximum atomic E-state index is 2.24. The quantitative estimate of drug-likeness (QED) is 0.626. The Morgan fingerprint density at radius 3 is 1.15 bits per heavy atom. The van der Waals surface area contributed by atoms with Gasteiger partial charge >= 0.3 is 0 Å². The zero-order chi connectivity index (χ0) is 13.6. The SMILES string of the molecule is c1ccc(Cc2ccccc2Cc2ccccc2)cc1. The van der Waals surface area contributed by atoms with Gasteiger partial charge in [-0.05, 0) is 35.1 Å². The highest BCUT2D eigenvalue weighted by Crippen LogP contribution is 2.17. The van der Waals surface area contributed by atoms with Gasteiger partial charge in [0, 0.05) is 0 Å². The lowest BCUT2D eigenvalue weighted by Gasteiger charge is -2.10. The first-order chi connectivity index (χ1) is 9.92. The zero-order valence-electron chi connectivity index (χ0n) is 11.5. The number of hydrogen-bond acceptors (Lipinski definition) is 0. The van der Waals surface area contributed by atoms with Gasteiger partial charge in [-0.2, -0.15) is 0 Å². The fourth-order valence-corrected chi connectivity index (χ4v) is 2.53. The fourth-order valence-electron chi connectivity index (χ4n) is 2.53. The normalized spacial score (nSPS) is 10.4. The van der Waals surface area contributed by atoms with Gasteiger partial charge < -0.3 is 0 Å². The molecule has 0 spiro atoms. The van der Waals surface area contributed by atoms with Crippen LogP contribution in [0.5, 0.6) is 0 Å². The van der Waals surface area contributed by atoms with E-state index >= 15 is 0 Å². The standard InChI is InChI=1S/C20H18/c1-3-9-17(10-4-1)15-19-13-7-8-14-20(19)16-18-11-5-2-6-12-18/h1-14H,15-16H2. The van der Waals surface area contributed by atoms with Crippen molar-refractivity contribution >= 4 is 0 Å². The van der Waals surface area contributed by atoms with E-state index in [0.717, 1.165) is 12.8 Å². The summed E-state index contributed by atoms with van der Waals surface area (Å²) in [5.41, 5.74) is 5.58. The number of hydrogen-bond donors (Lipinski definition) is 0. The summed E-state index contributed by atoms with van der Waals surface area (Å²) in [4.78, 5) is 0. The highest BCUT2D eigenvalue weighted by atomic mass is 14.1. The molecule has 0 saturated heterocycles. The molecular weight excluding hydrogens is 240 g/mol. The van der Waals surface area contributed by atoms with E-state index < -0.39 is 0 Å². The van der Waals surface area contributed by atoms with Gasteiger partial charge in [-0.1, -0.05) is 84.9 Å². The van der Waals surface area contributed by atoms with Crippen LogP contribution < -0.4 is 0 Å². The Balaban J connectivity index is 1.85. The van der Waals surface area contributed by atoms with Crippen LogP contribution in [0.4, 0.5) is 0 Å². The molecule has 0 N–H and O–H groups in total. The third-order valence-electron chi connectivity index (χ3n) is 3.59. The van der Waals surface area contributed by atoms with E-state index in [1.165, 1.54) is 22.3 Å². The Bertz CT molecular complexity index is 593. The van der Waals surface area contributed by atoms with Crippen LogP contribution in [0, 0.1) is 0 Å². The molecule has 0 amide bonds. The molecule has 98 valence electrons. The third kappa shape index (κ3) is 3.16. The van der Waals surface area contributed by atoms with E-state index in [-0.39, 0.29) is 0 Å². The monoisotopic (exact) mass is 258 g/mol. The minimum atomic E-state index is 1.00. The molecule has 0 aliphatic heterocycles. The van der Waals surface area contributed by atoms with E-state index in [9.17, 15) is 0 Å². The molecule has 0 aliphatic rings. The summed E-state index contributed by atoms with van der Waals surface area (Å²) >= 11 is 0. The molecule has 0 nitrogen and oxygen atoms in total. The molecule has 3 aromatic carbocycles. The second-order valence-corrected chi connectivity index (χ2v) is 5.09. The van der Waals surface area contributed by atoms with Crippen LogP contribution in [0.3, 0.4) is 0 Å². The van der Waals surface area contributed by atoms with Crippen LogP contribution in [0.25, 0.3) is 0 Å². The number of rotatable bonds is 4. The molecule has 0 atom stereocenters. The first-order valence-corrected chi connectivity index (χ1v) is 7.06. The maximum Gasteiger partial charge on any atom is -0.00229 e. The average Bonchev–Trinajstić information content (AvgIpc) is 2.51. The first kappa shape index (κ1) is 12.7. The second kappa shape index (κ2) is 6.21. The van der Waals surface area contributed by atoms with Crippen LogP contribution in [-0.4, -0.2) is 0 Å². The van der Waals surface area contributed by atoms with Crippen molar-refractivity contribution in [3.63, 3.8) is 0 Å². The molecular formula is C20H18. The van der Waals surface area contributed by atoms with Gasteiger partial charge in [-0.25, -0.2) is 0 Å². The summed E-state index contributed by atoms with van der Waals surface area (Å²) in [5.74, 6) is 0. The summed E-state index contributed by atoms with van der Waals surface area (Å²) in [6.07, 6.45) is 2.01. The molecule has 0 aliphatic carbocycles. The van der Waals surface area contributed by atoms with Crippen LogP contribution in [-0.2, 0) is 12.8 Å². The Morgan fingerprint density at radius 1 is 0.400 bits per heavy atom. The second-order valence-electron chi connectivity index (χ2n) is 5.09. The molecule has 0 fully saturated rings. The van der Waals surface area contributed by atoms with E-state index in [0.29, 0.717) is 0 Å². The van der Waals surface area contributed by atoms with Gasteiger partial charge in [0.1, 0.15) is 0 Å². The van der Waals surface area contributed by atoms with Gasteiger partial charge in [0.15, 0.2) is 0 Å². The van der Waals surface area contributed by atoms with Crippen molar-refractivity contribution in [1.29, 1.82) is 0 Å². The highest BCUT2D eigenvalue weighted by molar-refractivity contribution is 5.36. The summed E-state index contributed by atoms with van der Waals surface area (Å²) in [6, 6.07) is 30.1. The first-order valence-electron chi connectivity index (χ1n) is 7.06. The van der Waals surface area contributed by atoms with Crippen molar-refractivity contribution < 1.29 is 0 Å². The molecule has 0 heteroatoms. The predicted octanol–water partition coefficient (Wildman–Crippen LogP) is 4.87. The summed E-state index contributed by atoms with van der Waals surface area (Å²) in [6.45, 7) is 0. The van der Waals surface area contributed by atoms with Gasteiger partial charge in [0.2, 0.25) is 0 Å². The largest absolute Gasteiger partial charge is 0.0622 e. The molecule has 3 aromatic rings. The highest BCUT2D eigenvalue weighted by Gasteiger charge is 2.03. The minimum Gasteiger partial charge on any atom is -0.0622 e. The Morgan fingerprint density at radius 2 is 0.750 bits per heavy atom. The third-order valence-corrected chi connectivity index (χ3v) is 3.59. The van der Waals surface area contributed by atoms with E-state index in [1.54, 1.807) is 0 Å². The fraction of sp³-hybridized carbons (Fsp3) is 0.100. The van der Waals surface area contributed by atoms with Crippen LogP contribution in [0.2, 0.25) is 0 Å². The molecule has 0 bridgehead atoms. The zero-order valence-corrected chi connectivity index (χ0v) is 11.5. The van der Waals surface area contributed by atoms with Crippen LogP contribution in [0.1, 0.15) is 22.3 Å². The predicted molar refractivity (Wildman–Crippen MR) is 84.9 cm³/mol. The van der Waals surface area contributed by atoms with E-state index in [4.69, 9.17) is 0 Å². The smallest absolute Gasteiger partial charge is 0.00229 e. The van der Waals surface area contributed by atoms with Crippen LogP contribution >= 0.6 is 0 Å².